The maximum Gasteiger partial charge on any atom is 0.413 e. The Morgan fingerprint density at radius 2 is 2.10 bits per heavy atom. The Hall–Kier alpha value is -3.06. The highest BCUT2D eigenvalue weighted by atomic mass is 19.1. The van der Waals surface area contributed by atoms with Crippen LogP contribution in [0.25, 0.3) is 11.2 Å². The van der Waals surface area contributed by atoms with Gasteiger partial charge in [-0.25, -0.2) is 14.6 Å². The fourth-order valence-corrected chi connectivity index (χ4v) is 3.05. The number of ether oxygens (including phenoxy) is 3. The number of imidazole rings is 1. The molecule has 3 N–H and O–H groups in total. The van der Waals surface area contributed by atoms with E-state index in [0.29, 0.717) is 0 Å². The molecule has 1 aliphatic rings. The molecule has 0 unspecified atom stereocenters. The maximum absolute atomic E-state index is 14.1. The number of carbonyl (C=O) groups excluding carboxylic acids is 2. The molecule has 31 heavy (non-hydrogen) atoms. The fraction of sp³-hybridized carbons (Fsp3) is 0.611. The van der Waals surface area contributed by atoms with Gasteiger partial charge >= 0.3 is 18.3 Å². The van der Waals surface area contributed by atoms with E-state index in [2.05, 4.69) is 25.6 Å². The number of hydrogen-bond donors (Lipinski definition) is 3. The third-order valence-corrected chi connectivity index (χ3v) is 4.55. The summed E-state index contributed by atoms with van der Waals surface area (Å²) in [7, 11) is 1.41. The van der Waals surface area contributed by atoms with Crippen LogP contribution in [0.15, 0.2) is 6.33 Å². The Morgan fingerprint density at radius 3 is 2.74 bits per heavy atom. The molecular weight excluding hydrogens is 415 g/mol. The monoisotopic (exact) mass is 440 g/mol. The first-order chi connectivity index (χ1) is 14.4. The summed E-state index contributed by atoms with van der Waals surface area (Å²) in [5.74, 6) is -0.167. The summed E-state index contributed by atoms with van der Waals surface area (Å²) >= 11 is 0. The van der Waals surface area contributed by atoms with Gasteiger partial charge in [-0.3, -0.25) is 9.88 Å². The Balaban J connectivity index is 1.85. The molecule has 3 heterocycles. The zero-order valence-corrected chi connectivity index (χ0v) is 17.8. The van der Waals surface area contributed by atoms with Gasteiger partial charge in [0.15, 0.2) is 17.0 Å². The minimum Gasteiger partial charge on any atom is -0.446 e. The Labute approximate surface area is 177 Å². The summed E-state index contributed by atoms with van der Waals surface area (Å²) in [5, 5.41) is 15.1. The smallest absolute Gasteiger partial charge is 0.413 e. The van der Waals surface area contributed by atoms with E-state index in [1.807, 2.05) is 0 Å². The van der Waals surface area contributed by atoms with Crippen molar-refractivity contribution in [1.82, 2.24) is 24.8 Å². The summed E-state index contributed by atoms with van der Waals surface area (Å²) in [5.41, 5.74) is -1.80. The lowest BCUT2D eigenvalue weighted by atomic mass is 10.0. The number of nitrogens with one attached hydrogen (secondary N) is 2. The van der Waals surface area contributed by atoms with Crippen LogP contribution in [0.2, 0.25) is 0 Å². The number of amides is 2. The van der Waals surface area contributed by atoms with E-state index in [1.165, 1.54) is 17.9 Å². The molecule has 0 aromatic carbocycles. The largest absolute Gasteiger partial charge is 0.446 e. The summed E-state index contributed by atoms with van der Waals surface area (Å²) in [6, 6.07) is 0. The van der Waals surface area contributed by atoms with Crippen LogP contribution >= 0.6 is 0 Å². The quantitative estimate of drug-likeness (QED) is 0.604. The van der Waals surface area contributed by atoms with E-state index < -0.39 is 41.8 Å². The van der Waals surface area contributed by atoms with Gasteiger partial charge in [-0.15, -0.1) is 0 Å². The summed E-state index contributed by atoms with van der Waals surface area (Å²) in [4.78, 5) is 34.9. The van der Waals surface area contributed by atoms with Crippen LogP contribution < -0.4 is 10.6 Å². The number of aliphatic hydroxyl groups is 1. The standard InChI is InChI=1S/C18H25FN6O6/c1-17(2,3)31-16(28)23-12-11-13(24-14(19)22-12)25(8-21-11)10-6-9(26)18(4,30-10)7-29-15(27)20-5/h8-10,26H,6-7H2,1-5H3,(H,20,27)(H,22,23,24,28)/t9-,10+,18+/m0/s1. The minimum absolute atomic E-state index is 0.0484. The number of aliphatic hydroxyl groups excluding tert-OH is 1. The molecule has 2 aromatic rings. The first kappa shape index (κ1) is 22.6. The maximum atomic E-state index is 14.1. The molecule has 0 aliphatic carbocycles. The van der Waals surface area contributed by atoms with Crippen molar-refractivity contribution in [2.75, 3.05) is 19.0 Å². The molecule has 0 radical (unpaired) electrons. The van der Waals surface area contributed by atoms with E-state index in [-0.39, 0.29) is 30.0 Å². The third kappa shape index (κ3) is 4.99. The number of rotatable bonds is 4. The van der Waals surface area contributed by atoms with Crippen LogP contribution in [0.4, 0.5) is 19.8 Å². The zero-order chi connectivity index (χ0) is 23.0. The molecule has 1 saturated heterocycles. The predicted molar refractivity (Wildman–Crippen MR) is 105 cm³/mol. The van der Waals surface area contributed by atoms with E-state index in [9.17, 15) is 19.1 Å². The van der Waals surface area contributed by atoms with Gasteiger partial charge in [0.2, 0.25) is 0 Å². The van der Waals surface area contributed by atoms with Gasteiger partial charge in [-0.05, 0) is 27.7 Å². The first-order valence-electron chi connectivity index (χ1n) is 9.52. The van der Waals surface area contributed by atoms with Crippen molar-refractivity contribution in [2.24, 2.45) is 0 Å². The number of hydrogen-bond acceptors (Lipinski definition) is 9. The molecule has 0 saturated carbocycles. The van der Waals surface area contributed by atoms with E-state index in [0.717, 1.165) is 0 Å². The molecule has 170 valence electrons. The Bertz CT molecular complexity index is 992. The molecule has 0 spiro atoms. The topological polar surface area (TPSA) is 150 Å². The molecule has 12 nitrogen and oxygen atoms in total. The fourth-order valence-electron chi connectivity index (χ4n) is 3.05. The van der Waals surface area contributed by atoms with E-state index in [4.69, 9.17) is 14.2 Å². The Morgan fingerprint density at radius 1 is 1.39 bits per heavy atom. The Kier molecular flexibility index (Phi) is 6.00. The normalized spacial score (nSPS) is 23.6. The number of alkyl carbamates (subject to hydrolysis) is 1. The van der Waals surface area contributed by atoms with E-state index in [1.54, 1.807) is 27.7 Å². The number of halogens is 1. The summed E-state index contributed by atoms with van der Waals surface area (Å²) < 4.78 is 31.6. The lowest BCUT2D eigenvalue weighted by molar-refractivity contribution is -0.116. The summed E-state index contributed by atoms with van der Waals surface area (Å²) in [6.07, 6.45) is -2.90. The SMILES string of the molecule is CNC(=O)OC[C@@]1(C)O[C@@H](n2cnc3c(NC(=O)OC(C)(C)C)nc(F)nc32)C[C@@H]1O. The van der Waals surface area contributed by atoms with Crippen molar-refractivity contribution in [1.29, 1.82) is 0 Å². The van der Waals surface area contributed by atoms with Crippen molar-refractivity contribution in [3.8, 4) is 0 Å². The van der Waals surface area contributed by atoms with Crippen LogP contribution in [0, 0.1) is 6.08 Å². The molecule has 2 aromatic heterocycles. The second-order valence-electron chi connectivity index (χ2n) is 8.25. The van der Waals surface area contributed by atoms with Gasteiger partial charge in [-0.1, -0.05) is 0 Å². The van der Waals surface area contributed by atoms with Crippen LogP contribution in [0.5, 0.6) is 0 Å². The average Bonchev–Trinajstić information content (AvgIpc) is 3.19. The van der Waals surface area contributed by atoms with Crippen molar-refractivity contribution in [2.45, 2.75) is 57.6 Å². The number of anilines is 1. The van der Waals surface area contributed by atoms with Gasteiger partial charge < -0.3 is 24.6 Å². The highest BCUT2D eigenvalue weighted by molar-refractivity contribution is 5.93. The van der Waals surface area contributed by atoms with Gasteiger partial charge in [0, 0.05) is 13.5 Å². The molecular formula is C18H25FN6O6. The molecule has 1 aliphatic heterocycles. The molecule has 13 heteroatoms. The predicted octanol–water partition coefficient (Wildman–Crippen LogP) is 1.71. The number of nitrogens with zero attached hydrogens (tertiary/aromatic N) is 4. The number of aromatic nitrogens is 4. The highest BCUT2D eigenvalue weighted by Crippen LogP contribution is 2.38. The second kappa shape index (κ2) is 8.23. The van der Waals surface area contributed by atoms with Crippen LogP contribution in [0.1, 0.15) is 40.3 Å². The highest BCUT2D eigenvalue weighted by Gasteiger charge is 2.46. The van der Waals surface area contributed by atoms with Gasteiger partial charge in [0.1, 0.15) is 24.0 Å². The average molecular weight is 440 g/mol. The third-order valence-electron chi connectivity index (χ3n) is 4.55. The molecule has 0 bridgehead atoms. The van der Waals surface area contributed by atoms with Gasteiger partial charge in [0.05, 0.1) is 12.4 Å². The van der Waals surface area contributed by atoms with Gasteiger partial charge in [-0.2, -0.15) is 14.4 Å². The molecule has 1 fully saturated rings. The second-order valence-corrected chi connectivity index (χ2v) is 8.25. The number of fused-ring (bicyclic) bond motifs is 1. The van der Waals surface area contributed by atoms with Crippen LogP contribution in [-0.4, -0.2) is 67.8 Å². The van der Waals surface area contributed by atoms with Crippen molar-refractivity contribution in [3.05, 3.63) is 12.4 Å². The lowest BCUT2D eigenvalue weighted by Gasteiger charge is -2.27. The number of carbonyl (C=O) groups is 2. The lowest BCUT2D eigenvalue weighted by Crippen LogP contribution is -2.42. The van der Waals surface area contributed by atoms with Crippen molar-refractivity contribution >= 4 is 29.2 Å². The first-order valence-corrected chi connectivity index (χ1v) is 9.52. The zero-order valence-electron chi connectivity index (χ0n) is 17.8. The molecule has 3 rings (SSSR count). The molecule has 2 amide bonds. The summed E-state index contributed by atoms with van der Waals surface area (Å²) in [6.45, 7) is 6.44. The van der Waals surface area contributed by atoms with Crippen LogP contribution in [0.3, 0.4) is 0 Å². The minimum atomic E-state index is -1.20. The van der Waals surface area contributed by atoms with Gasteiger partial charge in [0.25, 0.3) is 0 Å². The van der Waals surface area contributed by atoms with E-state index >= 15 is 0 Å². The van der Waals surface area contributed by atoms with Crippen molar-refractivity contribution in [3.63, 3.8) is 0 Å². The molecule has 3 atom stereocenters. The van der Waals surface area contributed by atoms with Crippen LogP contribution in [-0.2, 0) is 14.2 Å². The van der Waals surface area contributed by atoms with Crippen molar-refractivity contribution < 1.29 is 33.3 Å².